The molecule has 7 heteroatoms. The standard InChI is InChI=1S/C33H33.C15H8Cl6.C5H5.Zr/c1-32(2,3)30-20-26-24(18-28(30)22-13-9-7-10-14-22)17-25-19-29(23-15-11-8-12-16-23)31(21-27(25)26)33(4,5)6;16-14(17,18)12-5-1-10(2-6-12)9-11-3-7-13(8-4-11)15(19,20)21;1-2-4-5-3-1;/h7-16,18,20-21H,17H2,1-6H3;1-8H;1-3H,4H2;/q-1;;-1;+2. The van der Waals surface area contributed by atoms with Gasteiger partial charge in [0, 0.05) is 0 Å². The summed E-state index contributed by atoms with van der Waals surface area (Å²) in [4.78, 5) is 0. The molecule has 2 aliphatic carbocycles. The minimum Gasteiger partial charge on any atom is -0.273 e. The van der Waals surface area contributed by atoms with E-state index in [0.29, 0.717) is 11.1 Å². The SMILES string of the molecule is CC(C)(C)c1cc2c([c-]c1-c1ccccc1)Cc1cc(-c3ccccc3)c(C(C)(C)C)cc1-2.ClC(Cl)(Cl)c1ccc([C](=[Zr+2])c2ccc(C(Cl)(Cl)Cl)cc2)cc1.[C-]1=CC=CC1. The topological polar surface area (TPSA) is 0 Å². The Morgan fingerprint density at radius 1 is 0.550 bits per heavy atom. The van der Waals surface area contributed by atoms with E-state index in [1.165, 1.54) is 83.1 Å². The second kappa shape index (κ2) is 19.4. The van der Waals surface area contributed by atoms with Crippen molar-refractivity contribution in [3.8, 4) is 33.4 Å². The summed E-state index contributed by atoms with van der Waals surface area (Å²) in [6, 6.07) is 47.8. The Balaban J connectivity index is 0.000000192. The van der Waals surface area contributed by atoms with Gasteiger partial charge in [-0.3, -0.25) is 6.08 Å². The molecule has 2 aliphatic rings. The molecule has 0 unspecified atom stereocenters. The number of fused-ring (bicyclic) bond motifs is 3. The molecule has 0 aliphatic heterocycles. The summed E-state index contributed by atoms with van der Waals surface area (Å²) >= 11 is 36.4. The first-order valence-electron chi connectivity index (χ1n) is 19.8. The number of benzene rings is 6. The molecule has 0 aromatic heterocycles. The van der Waals surface area contributed by atoms with E-state index in [2.05, 4.69) is 139 Å². The van der Waals surface area contributed by atoms with Gasteiger partial charge in [0.2, 0.25) is 0 Å². The summed E-state index contributed by atoms with van der Waals surface area (Å²) in [5.74, 6) is 0. The Bertz CT molecular complexity index is 2320. The van der Waals surface area contributed by atoms with E-state index in [1.807, 2.05) is 60.7 Å². The fourth-order valence-electron chi connectivity index (χ4n) is 7.26. The van der Waals surface area contributed by atoms with Gasteiger partial charge in [0.1, 0.15) is 0 Å². The fourth-order valence-corrected chi connectivity index (χ4v) is 8.84. The molecule has 0 saturated heterocycles. The zero-order valence-electron chi connectivity index (χ0n) is 34.5. The summed E-state index contributed by atoms with van der Waals surface area (Å²) in [5, 5.41) is 0. The Hall–Kier alpha value is -2.71. The number of hydrogen-bond donors (Lipinski definition) is 0. The third-order valence-corrected chi connectivity index (χ3v) is 13.1. The molecule has 0 amide bonds. The molecule has 0 fully saturated rings. The van der Waals surface area contributed by atoms with Crippen LogP contribution in [0.3, 0.4) is 0 Å². The maximum Gasteiger partial charge on any atom is -0.109 e. The molecule has 60 heavy (non-hydrogen) atoms. The predicted octanol–water partition coefficient (Wildman–Crippen LogP) is 16.7. The van der Waals surface area contributed by atoms with Crippen molar-refractivity contribution in [1.82, 2.24) is 0 Å². The van der Waals surface area contributed by atoms with Gasteiger partial charge in [0.05, 0.1) is 0 Å². The van der Waals surface area contributed by atoms with E-state index in [-0.39, 0.29) is 10.8 Å². The molecule has 0 nitrogen and oxygen atoms in total. The molecule has 0 atom stereocenters. The number of hydrogen-bond acceptors (Lipinski definition) is 0. The molecule has 0 heterocycles. The van der Waals surface area contributed by atoms with E-state index in [1.54, 1.807) is 0 Å². The Labute approximate surface area is 401 Å². The van der Waals surface area contributed by atoms with Crippen LogP contribution in [0.2, 0.25) is 0 Å². The first kappa shape index (κ1) is 46.8. The molecular formula is C53H46Cl6Zr. The first-order valence-corrected chi connectivity index (χ1v) is 23.3. The number of rotatable bonds is 4. The third kappa shape index (κ3) is 11.6. The van der Waals surface area contributed by atoms with Crippen molar-refractivity contribution in [1.29, 1.82) is 0 Å². The van der Waals surface area contributed by atoms with E-state index in [0.717, 1.165) is 24.0 Å². The van der Waals surface area contributed by atoms with Crippen molar-refractivity contribution in [2.24, 2.45) is 0 Å². The zero-order valence-corrected chi connectivity index (χ0v) is 41.5. The van der Waals surface area contributed by atoms with Crippen LogP contribution in [0.25, 0.3) is 33.4 Å². The van der Waals surface area contributed by atoms with Crippen LogP contribution in [-0.2, 0) is 49.1 Å². The molecule has 6 aromatic rings. The molecule has 0 bridgehead atoms. The van der Waals surface area contributed by atoms with Crippen molar-refractivity contribution in [3.05, 3.63) is 202 Å². The summed E-state index contributed by atoms with van der Waals surface area (Å²) in [5.41, 5.74) is 16.9. The van der Waals surface area contributed by atoms with Gasteiger partial charge in [-0.25, -0.2) is 12.2 Å². The van der Waals surface area contributed by atoms with E-state index in [9.17, 15) is 0 Å². The van der Waals surface area contributed by atoms with Crippen LogP contribution in [0.15, 0.2) is 146 Å². The van der Waals surface area contributed by atoms with Crippen LogP contribution in [0.4, 0.5) is 0 Å². The second-order valence-electron chi connectivity index (χ2n) is 16.9. The molecule has 8 rings (SSSR count). The third-order valence-electron chi connectivity index (χ3n) is 10.4. The number of alkyl halides is 6. The maximum absolute atomic E-state index is 5.86. The summed E-state index contributed by atoms with van der Waals surface area (Å²) in [6.07, 6.45) is 10.9. The van der Waals surface area contributed by atoms with Crippen molar-refractivity contribution in [2.45, 2.75) is 72.8 Å². The monoisotopic (exact) mass is 982 g/mol. The minimum absolute atomic E-state index is 0.0380. The van der Waals surface area contributed by atoms with Crippen LogP contribution in [0, 0.1) is 12.1 Å². The fraction of sp³-hybridized carbons (Fsp3) is 0.226. The second-order valence-corrected chi connectivity index (χ2v) is 22.7. The molecular weight excluding hydrogens is 941 g/mol. The van der Waals surface area contributed by atoms with Crippen LogP contribution < -0.4 is 0 Å². The van der Waals surface area contributed by atoms with Gasteiger partial charge in [-0.1, -0.05) is 131 Å². The van der Waals surface area contributed by atoms with Gasteiger partial charge in [-0.05, 0) is 39.5 Å². The Morgan fingerprint density at radius 3 is 1.45 bits per heavy atom. The number of allylic oxidation sites excluding steroid dienone is 4. The van der Waals surface area contributed by atoms with Gasteiger partial charge < -0.3 is 0 Å². The normalized spacial score (nSPS) is 13.2. The van der Waals surface area contributed by atoms with Crippen LogP contribution in [-0.4, -0.2) is 3.21 Å². The summed E-state index contributed by atoms with van der Waals surface area (Å²) in [6.45, 7) is 13.9. The van der Waals surface area contributed by atoms with Crippen molar-refractivity contribution >= 4 is 72.8 Å². The van der Waals surface area contributed by atoms with Gasteiger partial charge in [-0.2, -0.15) is 6.08 Å². The summed E-state index contributed by atoms with van der Waals surface area (Å²) < 4.78 is -1.66. The quantitative estimate of drug-likeness (QED) is 0.122. The van der Waals surface area contributed by atoms with E-state index in [4.69, 9.17) is 69.6 Å². The van der Waals surface area contributed by atoms with Crippen molar-refractivity contribution < 1.29 is 24.2 Å². The van der Waals surface area contributed by atoms with Gasteiger partial charge in [0.15, 0.2) is 0 Å². The molecule has 0 saturated carbocycles. The Morgan fingerprint density at radius 2 is 1.03 bits per heavy atom. The maximum atomic E-state index is 5.86. The summed E-state index contributed by atoms with van der Waals surface area (Å²) in [7, 11) is 0. The molecule has 6 aromatic carbocycles. The zero-order chi connectivity index (χ0) is 43.5. The smallest absolute Gasteiger partial charge is 0.109 e. The largest absolute Gasteiger partial charge is 0.273 e. The molecule has 0 N–H and O–H groups in total. The van der Waals surface area contributed by atoms with Gasteiger partial charge in [0.25, 0.3) is 0 Å². The minimum atomic E-state index is -1.41. The molecule has 0 spiro atoms. The number of halogens is 6. The first-order chi connectivity index (χ1) is 28.2. The van der Waals surface area contributed by atoms with Crippen molar-refractivity contribution in [3.63, 3.8) is 0 Å². The van der Waals surface area contributed by atoms with Gasteiger partial charge in [-0.15, -0.1) is 35.2 Å². The van der Waals surface area contributed by atoms with Crippen LogP contribution in [0.5, 0.6) is 0 Å². The van der Waals surface area contributed by atoms with E-state index < -0.39 is 7.59 Å². The van der Waals surface area contributed by atoms with Crippen molar-refractivity contribution in [2.75, 3.05) is 0 Å². The molecule has 304 valence electrons. The predicted molar refractivity (Wildman–Crippen MR) is 258 cm³/mol. The van der Waals surface area contributed by atoms with E-state index >= 15 is 0 Å². The van der Waals surface area contributed by atoms with Crippen LogP contribution in [0.1, 0.15) is 92.5 Å². The average molecular weight is 987 g/mol. The van der Waals surface area contributed by atoms with Crippen LogP contribution >= 0.6 is 69.6 Å². The van der Waals surface area contributed by atoms with Gasteiger partial charge >= 0.3 is 175 Å². The average Bonchev–Trinajstić information content (AvgIpc) is 3.91. The molecule has 0 radical (unpaired) electrons. The Kier molecular flexibility index (Phi) is 15.1.